The number of likely N-dealkylation sites (tertiary alicyclic amines) is 1. The summed E-state index contributed by atoms with van der Waals surface area (Å²) in [5.74, 6) is 0. The zero-order chi connectivity index (χ0) is 14.6. The van der Waals surface area contributed by atoms with Crippen molar-refractivity contribution >= 4 is 17.4 Å². The summed E-state index contributed by atoms with van der Waals surface area (Å²) in [7, 11) is 0. The summed E-state index contributed by atoms with van der Waals surface area (Å²) in [4.78, 5) is 19.1. The molecule has 1 fully saturated rings. The molecule has 0 aliphatic carbocycles. The number of amides is 1. The van der Waals surface area contributed by atoms with Crippen LogP contribution >= 0.6 is 11.3 Å². The number of ether oxygens (including phenoxy) is 1. The Kier molecular flexibility index (Phi) is 4.99. The van der Waals surface area contributed by atoms with Crippen LogP contribution in [0.5, 0.6) is 0 Å². The molecule has 5 nitrogen and oxygen atoms in total. The Morgan fingerprint density at radius 2 is 2.40 bits per heavy atom. The molecule has 2 rings (SSSR count). The maximum Gasteiger partial charge on any atom is 0.410 e. The summed E-state index contributed by atoms with van der Waals surface area (Å²) in [5.41, 5.74) is 1.41. The molecule has 0 bridgehead atoms. The lowest BCUT2D eigenvalue weighted by Crippen LogP contribution is -2.49. The van der Waals surface area contributed by atoms with E-state index in [9.17, 15) is 4.79 Å². The average molecular weight is 297 g/mol. The largest absolute Gasteiger partial charge is 0.444 e. The number of piperidine rings is 1. The average Bonchev–Trinajstić information content (AvgIpc) is 2.88. The first-order valence-corrected chi connectivity index (χ1v) is 7.91. The molecule has 20 heavy (non-hydrogen) atoms. The van der Waals surface area contributed by atoms with E-state index < -0.39 is 5.60 Å². The van der Waals surface area contributed by atoms with Gasteiger partial charge in [0.1, 0.15) is 5.60 Å². The predicted octanol–water partition coefficient (Wildman–Crippen LogP) is 2.63. The quantitative estimate of drug-likeness (QED) is 0.932. The van der Waals surface area contributed by atoms with Gasteiger partial charge < -0.3 is 15.0 Å². The minimum Gasteiger partial charge on any atom is -0.444 e. The van der Waals surface area contributed by atoms with Crippen molar-refractivity contribution < 1.29 is 9.53 Å². The second kappa shape index (κ2) is 6.54. The standard InChI is InChI=1S/C14H23N3O2S/c1-14(2,3)19-13(18)17-6-4-5-11(9-17)16-8-12-7-15-10-20-12/h7,10-11,16H,4-6,8-9H2,1-3H3/t11-/m1/s1. The van der Waals surface area contributed by atoms with Gasteiger partial charge in [0.25, 0.3) is 0 Å². The molecular formula is C14H23N3O2S. The third kappa shape index (κ3) is 4.76. The van der Waals surface area contributed by atoms with E-state index in [4.69, 9.17) is 4.74 Å². The Morgan fingerprint density at radius 3 is 3.05 bits per heavy atom. The molecule has 1 aromatic rings. The van der Waals surface area contributed by atoms with E-state index in [0.717, 1.165) is 25.9 Å². The van der Waals surface area contributed by atoms with Crippen molar-refractivity contribution in [2.75, 3.05) is 13.1 Å². The molecule has 1 N–H and O–H groups in total. The van der Waals surface area contributed by atoms with Crippen LogP contribution in [0.1, 0.15) is 38.5 Å². The van der Waals surface area contributed by atoms with Crippen LogP contribution in [0.4, 0.5) is 4.79 Å². The summed E-state index contributed by atoms with van der Waals surface area (Å²) in [6, 6.07) is 0.332. The Bertz CT molecular complexity index is 428. The lowest BCUT2D eigenvalue weighted by Gasteiger charge is -2.34. The van der Waals surface area contributed by atoms with Gasteiger partial charge in [-0.1, -0.05) is 0 Å². The summed E-state index contributed by atoms with van der Waals surface area (Å²) < 4.78 is 5.43. The Labute approximate surface area is 124 Å². The first-order valence-electron chi connectivity index (χ1n) is 7.03. The molecule has 0 unspecified atom stereocenters. The van der Waals surface area contributed by atoms with Crippen LogP contribution in [-0.4, -0.2) is 40.7 Å². The monoisotopic (exact) mass is 297 g/mol. The molecular weight excluding hydrogens is 274 g/mol. The molecule has 1 aromatic heterocycles. The maximum atomic E-state index is 12.1. The second-order valence-electron chi connectivity index (χ2n) is 6.11. The lowest BCUT2D eigenvalue weighted by atomic mass is 10.1. The smallest absolute Gasteiger partial charge is 0.410 e. The Morgan fingerprint density at radius 1 is 1.60 bits per heavy atom. The van der Waals surface area contributed by atoms with Crippen molar-refractivity contribution in [1.82, 2.24) is 15.2 Å². The van der Waals surface area contributed by atoms with Gasteiger partial charge in [0, 0.05) is 36.8 Å². The minimum absolute atomic E-state index is 0.207. The highest BCUT2D eigenvalue weighted by Crippen LogP contribution is 2.16. The predicted molar refractivity (Wildman–Crippen MR) is 79.8 cm³/mol. The molecule has 1 amide bonds. The summed E-state index contributed by atoms with van der Waals surface area (Å²) in [6.07, 6.45) is 3.78. The van der Waals surface area contributed by atoms with Crippen LogP contribution in [0.2, 0.25) is 0 Å². The van der Waals surface area contributed by atoms with Crippen molar-refractivity contribution in [2.24, 2.45) is 0 Å². The number of thiazole rings is 1. The van der Waals surface area contributed by atoms with Crippen molar-refractivity contribution in [2.45, 2.75) is 51.8 Å². The summed E-state index contributed by atoms with van der Waals surface area (Å²) in [5, 5.41) is 3.49. The van der Waals surface area contributed by atoms with Crippen molar-refractivity contribution in [3.8, 4) is 0 Å². The molecule has 1 saturated heterocycles. The highest BCUT2D eigenvalue weighted by Gasteiger charge is 2.27. The molecule has 0 spiro atoms. The van der Waals surface area contributed by atoms with Gasteiger partial charge in [-0.2, -0.15) is 0 Å². The van der Waals surface area contributed by atoms with Crippen LogP contribution in [0.3, 0.4) is 0 Å². The third-order valence-electron chi connectivity index (χ3n) is 3.12. The van der Waals surface area contributed by atoms with E-state index >= 15 is 0 Å². The van der Waals surface area contributed by atoms with Gasteiger partial charge in [-0.25, -0.2) is 4.79 Å². The fourth-order valence-electron chi connectivity index (χ4n) is 2.21. The molecule has 1 atom stereocenters. The SMILES string of the molecule is CC(C)(C)OC(=O)N1CCC[C@@H](NCc2cncs2)C1. The molecule has 0 saturated carbocycles. The molecule has 0 aromatic carbocycles. The lowest BCUT2D eigenvalue weighted by molar-refractivity contribution is 0.0187. The highest BCUT2D eigenvalue weighted by atomic mass is 32.1. The zero-order valence-electron chi connectivity index (χ0n) is 12.4. The van der Waals surface area contributed by atoms with Crippen LogP contribution < -0.4 is 5.32 Å². The molecule has 1 aliphatic heterocycles. The van der Waals surface area contributed by atoms with Gasteiger partial charge in [0.15, 0.2) is 0 Å². The first kappa shape index (κ1) is 15.3. The van der Waals surface area contributed by atoms with E-state index in [2.05, 4.69) is 10.3 Å². The number of carbonyl (C=O) groups excluding carboxylic acids is 1. The number of nitrogens with one attached hydrogen (secondary N) is 1. The first-order chi connectivity index (χ1) is 9.44. The van der Waals surface area contributed by atoms with Gasteiger partial charge in [-0.15, -0.1) is 11.3 Å². The minimum atomic E-state index is -0.430. The van der Waals surface area contributed by atoms with E-state index in [0.29, 0.717) is 12.6 Å². The number of aromatic nitrogens is 1. The summed E-state index contributed by atoms with van der Waals surface area (Å²) >= 11 is 1.65. The zero-order valence-corrected chi connectivity index (χ0v) is 13.2. The molecule has 112 valence electrons. The topological polar surface area (TPSA) is 54.5 Å². The van der Waals surface area contributed by atoms with Crippen molar-refractivity contribution in [3.63, 3.8) is 0 Å². The van der Waals surface area contributed by atoms with Crippen LogP contribution in [-0.2, 0) is 11.3 Å². The number of hydrogen-bond donors (Lipinski definition) is 1. The van der Waals surface area contributed by atoms with Crippen molar-refractivity contribution in [1.29, 1.82) is 0 Å². The summed E-state index contributed by atoms with van der Waals surface area (Å²) in [6.45, 7) is 8.01. The van der Waals surface area contributed by atoms with Gasteiger partial charge in [-0.05, 0) is 33.6 Å². The second-order valence-corrected chi connectivity index (χ2v) is 7.09. The van der Waals surface area contributed by atoms with E-state index in [1.165, 1.54) is 4.88 Å². The number of hydrogen-bond acceptors (Lipinski definition) is 5. The Hall–Kier alpha value is -1.14. The van der Waals surface area contributed by atoms with Crippen molar-refractivity contribution in [3.05, 3.63) is 16.6 Å². The van der Waals surface area contributed by atoms with Gasteiger partial charge >= 0.3 is 6.09 Å². The maximum absolute atomic E-state index is 12.1. The van der Waals surface area contributed by atoms with Crippen LogP contribution in [0.25, 0.3) is 0 Å². The number of carbonyl (C=O) groups is 1. The Balaban J connectivity index is 1.80. The van der Waals surface area contributed by atoms with E-state index in [1.807, 2.05) is 32.5 Å². The molecule has 6 heteroatoms. The highest BCUT2D eigenvalue weighted by molar-refractivity contribution is 7.09. The normalized spacial score (nSPS) is 19.9. The number of rotatable bonds is 3. The molecule has 0 radical (unpaired) electrons. The molecule has 1 aliphatic rings. The van der Waals surface area contributed by atoms with Gasteiger partial charge in [-0.3, -0.25) is 4.98 Å². The van der Waals surface area contributed by atoms with Crippen LogP contribution in [0.15, 0.2) is 11.7 Å². The van der Waals surface area contributed by atoms with Crippen LogP contribution in [0, 0.1) is 0 Å². The van der Waals surface area contributed by atoms with Gasteiger partial charge in [0.05, 0.1) is 5.51 Å². The van der Waals surface area contributed by atoms with E-state index in [1.54, 1.807) is 16.2 Å². The number of nitrogens with zero attached hydrogens (tertiary/aromatic N) is 2. The van der Waals surface area contributed by atoms with Gasteiger partial charge in [0.2, 0.25) is 0 Å². The fourth-order valence-corrected chi connectivity index (χ4v) is 2.76. The third-order valence-corrected chi connectivity index (χ3v) is 3.90. The molecule has 2 heterocycles. The van der Waals surface area contributed by atoms with E-state index in [-0.39, 0.29) is 6.09 Å². The fraction of sp³-hybridized carbons (Fsp3) is 0.714.